The third kappa shape index (κ3) is 2.66. The van der Waals surface area contributed by atoms with E-state index in [4.69, 9.17) is 11.6 Å². The normalized spacial score (nSPS) is 15.1. The lowest BCUT2D eigenvalue weighted by atomic mass is 9.95. The number of hydrogen-bond donors (Lipinski definition) is 1. The van der Waals surface area contributed by atoms with E-state index < -0.39 is 5.60 Å². The molecule has 1 unspecified atom stereocenters. The first kappa shape index (κ1) is 13.3. The van der Waals surface area contributed by atoms with E-state index in [1.54, 1.807) is 23.9 Å². The fraction of sp³-hybridized carbons (Fsp3) is 0.583. The van der Waals surface area contributed by atoms with Crippen molar-refractivity contribution in [1.29, 1.82) is 0 Å². The molecule has 1 aromatic heterocycles. The second-order valence-electron chi connectivity index (χ2n) is 4.48. The number of aromatic nitrogens is 2. The molecular weight excluding hydrogens is 224 g/mol. The second-order valence-corrected chi connectivity index (χ2v) is 4.89. The largest absolute Gasteiger partial charge is 0.384 e. The lowest BCUT2D eigenvalue weighted by Crippen LogP contribution is -2.26. The topological polar surface area (TPSA) is 38.1 Å². The maximum Gasteiger partial charge on any atom is 0.105 e. The Morgan fingerprint density at radius 3 is 2.81 bits per heavy atom. The Morgan fingerprint density at radius 2 is 2.31 bits per heavy atom. The third-order valence-electron chi connectivity index (χ3n) is 2.59. The van der Waals surface area contributed by atoms with E-state index in [-0.39, 0.29) is 6.04 Å². The molecule has 16 heavy (non-hydrogen) atoms. The number of hydrogen-bond acceptors (Lipinski definition) is 2. The van der Waals surface area contributed by atoms with Crippen molar-refractivity contribution in [2.75, 3.05) is 0 Å². The third-order valence-corrected chi connectivity index (χ3v) is 2.86. The monoisotopic (exact) mass is 242 g/mol. The summed E-state index contributed by atoms with van der Waals surface area (Å²) in [5, 5.41) is 15.1. The van der Waals surface area contributed by atoms with Crippen molar-refractivity contribution in [3.8, 4) is 0 Å². The van der Waals surface area contributed by atoms with Crippen LogP contribution in [0.15, 0.2) is 18.9 Å². The first-order chi connectivity index (χ1) is 7.40. The zero-order chi connectivity index (χ0) is 12.3. The van der Waals surface area contributed by atoms with Gasteiger partial charge < -0.3 is 5.11 Å². The minimum atomic E-state index is -0.966. The molecule has 0 aliphatic rings. The summed E-state index contributed by atoms with van der Waals surface area (Å²) in [6, 6.07) is 0.178. The lowest BCUT2D eigenvalue weighted by molar-refractivity contribution is 0.0382. The minimum Gasteiger partial charge on any atom is -0.384 e. The van der Waals surface area contributed by atoms with Gasteiger partial charge in [0.15, 0.2) is 0 Å². The molecule has 4 heteroatoms. The summed E-state index contributed by atoms with van der Waals surface area (Å²) in [6.45, 7) is 9.44. The molecule has 0 radical (unpaired) electrons. The molecule has 90 valence electrons. The van der Waals surface area contributed by atoms with E-state index in [0.29, 0.717) is 17.1 Å². The van der Waals surface area contributed by atoms with Crippen LogP contribution >= 0.6 is 11.6 Å². The molecule has 1 atom stereocenters. The maximum atomic E-state index is 10.4. The summed E-state index contributed by atoms with van der Waals surface area (Å²) in [7, 11) is 0. The standard InChI is InChI=1S/C12H19ClN2O/c1-5-6-7-12(4,16)11-10(13)8-14-15(11)9(2)3/h5,8-9,16H,1,6-7H2,2-4H3. The lowest BCUT2D eigenvalue weighted by Gasteiger charge is -2.26. The molecule has 1 aromatic rings. The van der Waals surface area contributed by atoms with E-state index in [1.165, 1.54) is 0 Å². The zero-order valence-corrected chi connectivity index (χ0v) is 10.8. The van der Waals surface area contributed by atoms with Crippen LogP contribution in [0.5, 0.6) is 0 Å². The Labute approximate surface area is 102 Å². The number of halogens is 1. The quantitative estimate of drug-likeness (QED) is 0.805. The van der Waals surface area contributed by atoms with Crippen molar-refractivity contribution in [3.05, 3.63) is 29.6 Å². The van der Waals surface area contributed by atoms with Crippen LogP contribution in [0.3, 0.4) is 0 Å². The van der Waals surface area contributed by atoms with Gasteiger partial charge in [0.25, 0.3) is 0 Å². The van der Waals surface area contributed by atoms with Gasteiger partial charge >= 0.3 is 0 Å². The van der Waals surface area contributed by atoms with Gasteiger partial charge in [-0.3, -0.25) is 4.68 Å². The minimum absolute atomic E-state index is 0.178. The Hall–Kier alpha value is -0.800. The molecule has 1 rings (SSSR count). The molecule has 3 nitrogen and oxygen atoms in total. The van der Waals surface area contributed by atoms with Gasteiger partial charge in [-0.1, -0.05) is 17.7 Å². The van der Waals surface area contributed by atoms with E-state index in [0.717, 1.165) is 6.42 Å². The summed E-state index contributed by atoms with van der Waals surface area (Å²) in [5.41, 5.74) is -0.280. The zero-order valence-electron chi connectivity index (χ0n) is 10.1. The van der Waals surface area contributed by atoms with E-state index >= 15 is 0 Å². The number of aliphatic hydroxyl groups is 1. The van der Waals surface area contributed by atoms with Crippen molar-refractivity contribution in [2.45, 2.75) is 45.3 Å². The molecule has 0 aliphatic heterocycles. The van der Waals surface area contributed by atoms with Gasteiger partial charge in [0, 0.05) is 6.04 Å². The summed E-state index contributed by atoms with van der Waals surface area (Å²) in [4.78, 5) is 0. The van der Waals surface area contributed by atoms with Crippen molar-refractivity contribution in [1.82, 2.24) is 9.78 Å². The number of allylic oxidation sites excluding steroid dienone is 1. The van der Waals surface area contributed by atoms with Crippen LogP contribution < -0.4 is 0 Å². The number of nitrogens with zero attached hydrogens (tertiary/aromatic N) is 2. The highest BCUT2D eigenvalue weighted by atomic mass is 35.5. The van der Waals surface area contributed by atoms with Gasteiger partial charge in [-0.2, -0.15) is 5.10 Å². The van der Waals surface area contributed by atoms with E-state index in [9.17, 15) is 5.11 Å². The average molecular weight is 243 g/mol. The summed E-state index contributed by atoms with van der Waals surface area (Å²) in [5.74, 6) is 0. The molecule has 0 fully saturated rings. The first-order valence-electron chi connectivity index (χ1n) is 5.47. The van der Waals surface area contributed by atoms with Crippen LogP contribution in [0.1, 0.15) is 45.3 Å². The van der Waals surface area contributed by atoms with Gasteiger partial charge in [-0.05, 0) is 33.6 Å². The van der Waals surface area contributed by atoms with Crippen molar-refractivity contribution in [2.24, 2.45) is 0 Å². The fourth-order valence-corrected chi connectivity index (χ4v) is 2.07. The molecule has 0 saturated heterocycles. The van der Waals surface area contributed by atoms with Crippen LogP contribution in [0.4, 0.5) is 0 Å². The van der Waals surface area contributed by atoms with Crippen molar-refractivity contribution < 1.29 is 5.11 Å². The molecule has 0 bridgehead atoms. The second kappa shape index (κ2) is 5.02. The SMILES string of the molecule is C=CCCC(C)(O)c1c(Cl)cnn1C(C)C. The summed E-state index contributed by atoms with van der Waals surface area (Å²) in [6.07, 6.45) is 4.71. The summed E-state index contributed by atoms with van der Waals surface area (Å²) >= 11 is 6.08. The van der Waals surface area contributed by atoms with Gasteiger partial charge in [-0.15, -0.1) is 6.58 Å². The molecular formula is C12H19ClN2O. The van der Waals surface area contributed by atoms with E-state index in [1.807, 2.05) is 13.8 Å². The van der Waals surface area contributed by atoms with Gasteiger partial charge in [-0.25, -0.2) is 0 Å². The Balaban J connectivity index is 3.09. The van der Waals surface area contributed by atoms with Gasteiger partial charge in [0.2, 0.25) is 0 Å². The van der Waals surface area contributed by atoms with Gasteiger partial charge in [0.05, 0.1) is 16.9 Å². The number of rotatable bonds is 5. The summed E-state index contributed by atoms with van der Waals surface area (Å²) < 4.78 is 1.77. The molecule has 0 saturated carbocycles. The highest BCUT2D eigenvalue weighted by molar-refractivity contribution is 6.31. The Morgan fingerprint density at radius 1 is 1.69 bits per heavy atom. The fourth-order valence-electron chi connectivity index (χ4n) is 1.74. The predicted molar refractivity (Wildman–Crippen MR) is 66.6 cm³/mol. The van der Waals surface area contributed by atoms with E-state index in [2.05, 4.69) is 11.7 Å². The maximum absolute atomic E-state index is 10.4. The Bertz CT molecular complexity index is 369. The Kier molecular flexibility index (Phi) is 4.16. The molecule has 0 spiro atoms. The average Bonchev–Trinajstić information content (AvgIpc) is 2.58. The smallest absolute Gasteiger partial charge is 0.105 e. The van der Waals surface area contributed by atoms with Crippen molar-refractivity contribution >= 4 is 11.6 Å². The first-order valence-corrected chi connectivity index (χ1v) is 5.84. The van der Waals surface area contributed by atoms with Crippen LogP contribution in [-0.4, -0.2) is 14.9 Å². The van der Waals surface area contributed by atoms with Crippen molar-refractivity contribution in [3.63, 3.8) is 0 Å². The van der Waals surface area contributed by atoms with Crippen LogP contribution in [-0.2, 0) is 5.60 Å². The highest BCUT2D eigenvalue weighted by Gasteiger charge is 2.30. The molecule has 0 aliphatic carbocycles. The van der Waals surface area contributed by atoms with Crippen LogP contribution in [0.25, 0.3) is 0 Å². The molecule has 0 amide bonds. The van der Waals surface area contributed by atoms with Crippen LogP contribution in [0, 0.1) is 0 Å². The highest BCUT2D eigenvalue weighted by Crippen LogP contribution is 2.33. The predicted octanol–water partition coefficient (Wildman–Crippen LogP) is 3.29. The molecule has 1 heterocycles. The molecule has 0 aromatic carbocycles. The van der Waals surface area contributed by atoms with Gasteiger partial charge in [0.1, 0.15) is 5.60 Å². The van der Waals surface area contributed by atoms with Crippen LogP contribution in [0.2, 0.25) is 5.02 Å². The molecule has 1 N–H and O–H groups in total.